The minimum absolute atomic E-state index is 0.00640. The maximum atomic E-state index is 13.5. The molecule has 0 amide bonds. The van der Waals surface area contributed by atoms with E-state index in [1.54, 1.807) is 12.4 Å². The summed E-state index contributed by atoms with van der Waals surface area (Å²) < 4.78 is 0. The highest BCUT2D eigenvalue weighted by atomic mass is 16.6. The minimum Gasteiger partial charge on any atom is -0.393 e. The summed E-state index contributed by atoms with van der Waals surface area (Å²) in [4.78, 5) is 78.3. The number of aliphatic hydroxyl groups excluding tert-OH is 2. The van der Waals surface area contributed by atoms with Gasteiger partial charge in [0.2, 0.25) is 0 Å². The Balaban J connectivity index is 0.000000261. The molecule has 6 aliphatic carbocycles. The van der Waals surface area contributed by atoms with E-state index in [9.17, 15) is 75.7 Å². The molecule has 5 N–H and O–H groups in total. The number of hydrogen-bond donors (Lipinski definition) is 5. The third-order valence-electron chi connectivity index (χ3n) is 24.8. The van der Waals surface area contributed by atoms with Crippen molar-refractivity contribution in [2.45, 2.75) is 223 Å². The van der Waals surface area contributed by atoms with Crippen molar-refractivity contribution < 1.29 is 44.5 Å². The molecule has 27 nitrogen and oxygen atoms in total. The molecule has 7 unspecified atom stereocenters. The normalized spacial score (nSPS) is 30.9. The number of anilines is 3. The van der Waals surface area contributed by atoms with E-state index in [4.69, 9.17) is 5.10 Å². The number of ketones is 1. The van der Waals surface area contributed by atoms with E-state index in [-0.39, 0.29) is 75.9 Å². The van der Waals surface area contributed by atoms with E-state index in [2.05, 4.69) is 95.7 Å². The van der Waals surface area contributed by atoms with E-state index in [1.807, 2.05) is 0 Å². The van der Waals surface area contributed by atoms with Crippen LogP contribution in [0.15, 0.2) is 69.9 Å². The van der Waals surface area contributed by atoms with Gasteiger partial charge in [-0.05, 0) is 190 Å². The van der Waals surface area contributed by atoms with Crippen LogP contribution in [0, 0.1) is 153 Å². The van der Waals surface area contributed by atoms with Crippen LogP contribution < -0.4 is 16.3 Å². The number of hydrazone groups is 3. The summed E-state index contributed by atoms with van der Waals surface area (Å²) in [6.07, 6.45) is 22.2. The Morgan fingerprint density at radius 1 is 0.475 bits per heavy atom. The zero-order valence-electron chi connectivity index (χ0n) is 59.2. The van der Waals surface area contributed by atoms with E-state index < -0.39 is 81.0 Å². The molecule has 0 saturated heterocycles. The molecule has 3 aromatic carbocycles. The van der Waals surface area contributed by atoms with Gasteiger partial charge >= 0.3 is 17.1 Å². The Morgan fingerprint density at radius 3 is 1.22 bits per heavy atom. The third-order valence-corrected chi connectivity index (χ3v) is 24.8. The van der Waals surface area contributed by atoms with Crippen LogP contribution in [-0.2, 0) is 4.79 Å². The average molecular weight is 1380 g/mol. The zero-order chi connectivity index (χ0) is 72.5. The highest BCUT2D eigenvalue weighted by Gasteiger charge is 2.61. The maximum absolute atomic E-state index is 13.5. The van der Waals surface area contributed by atoms with Gasteiger partial charge in [-0.3, -0.25) is 81.8 Å². The molecule has 0 bridgehead atoms. The zero-order valence-corrected chi connectivity index (χ0v) is 59.2. The molecule has 0 heterocycles. The fourth-order valence-corrected chi connectivity index (χ4v) is 19.5. The predicted octanol–water partition coefficient (Wildman–Crippen LogP) is 17.6. The Morgan fingerprint density at radius 2 is 0.848 bits per heavy atom. The van der Waals surface area contributed by atoms with Crippen LogP contribution in [0.2, 0.25) is 0 Å². The van der Waals surface area contributed by atoms with Gasteiger partial charge in [-0.2, -0.15) is 15.3 Å². The molecule has 0 aliphatic heterocycles. The summed E-state index contributed by atoms with van der Waals surface area (Å²) in [6.45, 7) is 23.1. The monoisotopic (exact) mass is 1380 g/mol. The van der Waals surface area contributed by atoms with E-state index >= 15 is 0 Å². The van der Waals surface area contributed by atoms with Gasteiger partial charge in [0.1, 0.15) is 22.8 Å². The Kier molecular flexibility index (Phi) is 25.3. The largest absolute Gasteiger partial charge is 0.393 e. The lowest BCUT2D eigenvalue weighted by molar-refractivity contribution is -0.393. The molecule has 16 atom stereocenters. The first kappa shape index (κ1) is 76.8. The van der Waals surface area contributed by atoms with Crippen molar-refractivity contribution in [1.82, 2.24) is 0 Å². The molecule has 3 aromatic rings. The quantitative estimate of drug-likeness (QED) is 0.0256. The molecule has 99 heavy (non-hydrogen) atoms. The lowest BCUT2D eigenvalue weighted by atomic mass is 9.49. The molecular weight excluding hydrogens is 1270 g/mol. The number of nitro groups is 6. The van der Waals surface area contributed by atoms with Crippen molar-refractivity contribution in [3.05, 3.63) is 115 Å². The van der Waals surface area contributed by atoms with Gasteiger partial charge in [0.25, 0.3) is 17.1 Å². The standard InChI is InChI=1S/C39H54N8O9.C33H50N4O6/c1-24(2)7-6-8-25(3)30-11-12-31-29(17-20-40-41-33-13-9-26(44(49)50)21-35(33)46(53)54)32(16-19-38(30,31)4)39(5)18-15-28(48)23-37(39)43-42-34-14-10-27(45(51)52)22-36(34)47(55)56;1-21(2)7-6-8-22(3)26-10-11-27-25(15-18-34-35-29-12-9-23(36(40)41)19-30(29)37(42)43)28(14-17-32(26,27)4)33(5)16-13-24(38)20-31(33)39/h9-10,13-14,20-22,24-25,28-32,41-42,48H,6-8,11-12,15-19,23H2,1-5H3;9,12,18-19,21-22,24-28,35,38H,6-8,10-11,13-17,20H2,1-5H3/b40-20+,43-37+;34-18+/t25-,28+,29?,30?,31?,32?,38-,39-;22-,24+,25?,26-,27?,28?,32-,33-/m11/s1. The van der Waals surface area contributed by atoms with E-state index in [1.165, 1.54) is 81.3 Å². The summed E-state index contributed by atoms with van der Waals surface area (Å²) in [7, 11) is 0. The summed E-state index contributed by atoms with van der Waals surface area (Å²) in [5.74, 6) is 5.28. The van der Waals surface area contributed by atoms with Gasteiger partial charge in [-0.15, -0.1) is 0 Å². The summed E-state index contributed by atoms with van der Waals surface area (Å²) in [5.41, 5.74) is 5.90. The first-order chi connectivity index (χ1) is 46.7. The second-order valence-corrected chi connectivity index (χ2v) is 31.5. The number of nitro benzene ring substituents is 6. The summed E-state index contributed by atoms with van der Waals surface area (Å²) in [5, 5.41) is 104. The third kappa shape index (κ3) is 17.4. The van der Waals surface area contributed by atoms with Gasteiger partial charge in [0.05, 0.1) is 59.9 Å². The number of benzene rings is 3. The van der Waals surface area contributed by atoms with Crippen LogP contribution in [0.4, 0.5) is 51.2 Å². The van der Waals surface area contributed by atoms with Gasteiger partial charge in [0.15, 0.2) is 0 Å². The number of aliphatic hydroxyl groups is 2. The van der Waals surface area contributed by atoms with Crippen molar-refractivity contribution in [2.75, 3.05) is 16.3 Å². The number of nitrogens with zero attached hydrogens (tertiary/aromatic N) is 9. The minimum atomic E-state index is -0.694. The molecule has 6 fully saturated rings. The van der Waals surface area contributed by atoms with Crippen molar-refractivity contribution in [1.29, 1.82) is 0 Å². The van der Waals surface area contributed by atoms with Gasteiger partial charge in [-0.1, -0.05) is 108 Å². The smallest absolute Gasteiger partial charge is 0.301 e. The topological polar surface area (TPSA) is 390 Å². The average Bonchev–Trinajstić information content (AvgIpc) is 1.67. The van der Waals surface area contributed by atoms with Crippen molar-refractivity contribution >= 4 is 75.1 Å². The number of non-ortho nitro benzene ring substituents is 3. The van der Waals surface area contributed by atoms with Crippen LogP contribution in [0.25, 0.3) is 0 Å². The fraction of sp³-hybridized carbons (Fsp3) is 0.694. The van der Waals surface area contributed by atoms with E-state index in [0.717, 1.165) is 63.1 Å². The van der Waals surface area contributed by atoms with Gasteiger partial charge < -0.3 is 10.2 Å². The number of carbonyl (C=O) groups excluding carboxylic acids is 1. The molecule has 6 aliphatic rings. The number of rotatable bonds is 28. The molecule has 542 valence electrons. The van der Waals surface area contributed by atoms with Crippen LogP contribution in [-0.4, -0.2) is 75.9 Å². The fourth-order valence-electron chi connectivity index (χ4n) is 19.5. The van der Waals surface area contributed by atoms with Crippen LogP contribution in [0.5, 0.6) is 0 Å². The number of nitrogens with one attached hydrogen (secondary N) is 3. The number of Topliss-reactive ketones (excluding diaryl/α,β-unsaturated/α-hetero) is 1. The summed E-state index contributed by atoms with van der Waals surface area (Å²) in [6, 6.07) is 10.2. The molecule has 6 saturated carbocycles. The lowest BCUT2D eigenvalue weighted by Gasteiger charge is -2.55. The first-order valence-corrected chi connectivity index (χ1v) is 35.8. The summed E-state index contributed by atoms with van der Waals surface area (Å²) >= 11 is 0. The molecule has 0 radical (unpaired) electrons. The maximum Gasteiger partial charge on any atom is 0.301 e. The van der Waals surface area contributed by atoms with Crippen molar-refractivity contribution in [2.24, 2.45) is 108 Å². The molecule has 9 rings (SSSR count). The number of fused-ring (bicyclic) bond motifs is 2. The van der Waals surface area contributed by atoms with Crippen molar-refractivity contribution in [3.8, 4) is 0 Å². The molecular formula is C72H104N12O15. The predicted molar refractivity (Wildman–Crippen MR) is 381 cm³/mol. The van der Waals surface area contributed by atoms with Crippen LogP contribution >= 0.6 is 0 Å². The van der Waals surface area contributed by atoms with E-state index in [0.29, 0.717) is 91.6 Å². The van der Waals surface area contributed by atoms with Crippen LogP contribution in [0.3, 0.4) is 0 Å². The second-order valence-electron chi connectivity index (χ2n) is 31.5. The first-order valence-electron chi connectivity index (χ1n) is 35.8. The molecule has 0 spiro atoms. The Labute approximate surface area is 579 Å². The number of carbonyl (C=O) groups is 1. The molecule has 0 aromatic heterocycles. The lowest BCUT2D eigenvalue weighted by Crippen LogP contribution is -2.52. The Hall–Kier alpha value is -7.94. The Bertz CT molecular complexity index is 3530. The highest BCUT2D eigenvalue weighted by Crippen LogP contribution is 2.67. The van der Waals surface area contributed by atoms with Gasteiger partial charge in [-0.25, -0.2) is 0 Å². The van der Waals surface area contributed by atoms with Crippen LogP contribution in [0.1, 0.15) is 210 Å². The molecule has 27 heteroatoms. The SMILES string of the molecule is CC(C)CCC[C@@H](C)C1CCC2C(C/C=N/Nc3ccc([N+](=O)[O-])cc3[N+](=O)[O-])C([C@@]3(C)CC[C@H](O)C/C3=N\Nc3ccc([N+](=O)[O-])cc3[N+](=O)[O-])CC[C@@]21C.CC(C)CCC[C@@H](C)[C@H]1CCC2C(C/C=N/Nc3ccc([N+](=O)[O-])cc3[N+](=O)[O-])C([C@@]3(C)CC[C@H](O)CC3=O)CC[C@@]21C. The highest BCUT2D eigenvalue weighted by molar-refractivity contribution is 5.92. The number of hydrogen-bond acceptors (Lipinski definition) is 21. The van der Waals surface area contributed by atoms with Crippen molar-refractivity contribution in [3.63, 3.8) is 0 Å². The second kappa shape index (κ2) is 32.6. The van der Waals surface area contributed by atoms with Gasteiger partial charge in [0, 0.05) is 60.0 Å².